The highest BCUT2D eigenvalue weighted by molar-refractivity contribution is 6.30. The van der Waals surface area contributed by atoms with Gasteiger partial charge in [0, 0.05) is 11.1 Å². The molecule has 0 fully saturated rings. The number of ether oxygens (including phenoxy) is 2. The van der Waals surface area contributed by atoms with Crippen molar-refractivity contribution in [1.29, 1.82) is 0 Å². The zero-order valence-electron chi connectivity index (χ0n) is 19.2. The smallest absolute Gasteiger partial charge is 0.407 e. The van der Waals surface area contributed by atoms with Crippen LogP contribution in [0.4, 0.5) is 4.79 Å². The van der Waals surface area contributed by atoms with Crippen LogP contribution in [0, 0.1) is 0 Å². The van der Waals surface area contributed by atoms with Gasteiger partial charge in [-0.3, -0.25) is 4.79 Å². The maximum absolute atomic E-state index is 12.1. The topological polar surface area (TPSA) is 96.3 Å². The predicted molar refractivity (Wildman–Crippen MR) is 132 cm³/mol. The SMILES string of the molecule is COc1ccc(Oc2ccc3c(c2)C[C@@H](N(C[C@@H](O)c2ccc(Cl)cc2)C(=O)O)CC3)cc1C=O. The minimum absolute atomic E-state index is 0.0342. The highest BCUT2D eigenvalue weighted by atomic mass is 35.5. The molecule has 35 heavy (non-hydrogen) atoms. The molecule has 0 unspecified atom stereocenters. The fourth-order valence-electron chi connectivity index (χ4n) is 4.41. The number of carbonyl (C=O) groups excluding carboxylic acids is 1. The van der Waals surface area contributed by atoms with Crippen molar-refractivity contribution in [3.63, 3.8) is 0 Å². The van der Waals surface area contributed by atoms with Crippen LogP contribution >= 0.6 is 11.6 Å². The van der Waals surface area contributed by atoms with E-state index in [-0.39, 0.29) is 12.6 Å². The van der Waals surface area contributed by atoms with Gasteiger partial charge in [-0.15, -0.1) is 0 Å². The highest BCUT2D eigenvalue weighted by Crippen LogP contribution is 2.32. The third-order valence-electron chi connectivity index (χ3n) is 6.25. The largest absolute Gasteiger partial charge is 0.496 e. The average Bonchev–Trinajstić information content (AvgIpc) is 2.86. The molecule has 0 aliphatic heterocycles. The second-order valence-corrected chi connectivity index (χ2v) is 8.89. The molecule has 4 rings (SSSR count). The standard InChI is InChI=1S/C27H26ClNO6/c1-34-26-11-10-24(14-20(26)16-30)35-23-9-5-17-4-8-22(12-19(17)13-23)29(27(32)33)15-25(31)18-2-6-21(28)7-3-18/h2-3,5-7,9-11,13-14,16,22,25,31H,4,8,12,15H2,1H3,(H,32,33)/t22-,25+/m0/s1. The van der Waals surface area contributed by atoms with E-state index in [9.17, 15) is 19.8 Å². The number of carbonyl (C=O) groups is 2. The first-order valence-electron chi connectivity index (χ1n) is 11.2. The summed E-state index contributed by atoms with van der Waals surface area (Å²) in [5.74, 6) is 1.56. The fraction of sp³-hybridized carbons (Fsp3) is 0.259. The summed E-state index contributed by atoms with van der Waals surface area (Å²) in [7, 11) is 1.50. The number of fused-ring (bicyclic) bond motifs is 1. The summed E-state index contributed by atoms with van der Waals surface area (Å²) in [5, 5.41) is 21.1. The maximum Gasteiger partial charge on any atom is 0.407 e. The van der Waals surface area contributed by atoms with Gasteiger partial charge in [0.2, 0.25) is 0 Å². The lowest BCUT2D eigenvalue weighted by atomic mass is 9.87. The van der Waals surface area contributed by atoms with Crippen LogP contribution in [0.15, 0.2) is 60.7 Å². The van der Waals surface area contributed by atoms with Crippen LogP contribution in [-0.4, -0.2) is 47.2 Å². The lowest BCUT2D eigenvalue weighted by Crippen LogP contribution is -2.44. The van der Waals surface area contributed by atoms with Gasteiger partial charge in [0.25, 0.3) is 0 Å². The molecule has 1 amide bonds. The van der Waals surface area contributed by atoms with Crippen molar-refractivity contribution in [1.82, 2.24) is 4.90 Å². The molecule has 1 aliphatic carbocycles. The molecule has 2 atom stereocenters. The van der Waals surface area contributed by atoms with Crippen molar-refractivity contribution in [3.8, 4) is 17.2 Å². The minimum atomic E-state index is -1.07. The van der Waals surface area contributed by atoms with E-state index in [1.165, 1.54) is 12.0 Å². The molecule has 0 aromatic heterocycles. The van der Waals surface area contributed by atoms with Crippen LogP contribution in [0.3, 0.4) is 0 Å². The third-order valence-corrected chi connectivity index (χ3v) is 6.51. The van der Waals surface area contributed by atoms with Crippen LogP contribution in [-0.2, 0) is 12.8 Å². The van der Waals surface area contributed by atoms with E-state index in [1.54, 1.807) is 42.5 Å². The van der Waals surface area contributed by atoms with E-state index in [0.29, 0.717) is 52.5 Å². The van der Waals surface area contributed by atoms with Gasteiger partial charge in [-0.1, -0.05) is 29.8 Å². The van der Waals surface area contributed by atoms with Gasteiger partial charge in [0.05, 0.1) is 25.3 Å². The van der Waals surface area contributed by atoms with Crippen LogP contribution in [0.25, 0.3) is 0 Å². The van der Waals surface area contributed by atoms with E-state index in [1.807, 2.05) is 18.2 Å². The summed E-state index contributed by atoms with van der Waals surface area (Å²) < 4.78 is 11.1. The molecular formula is C27H26ClNO6. The molecule has 8 heteroatoms. The molecular weight excluding hydrogens is 470 g/mol. The number of methoxy groups -OCH3 is 1. The van der Waals surface area contributed by atoms with Crippen LogP contribution in [0.1, 0.15) is 39.6 Å². The Morgan fingerprint density at radius 1 is 1.11 bits per heavy atom. The Morgan fingerprint density at radius 2 is 1.83 bits per heavy atom. The molecule has 2 N–H and O–H groups in total. The Kier molecular flexibility index (Phi) is 7.58. The summed E-state index contributed by atoms with van der Waals surface area (Å²) in [6.07, 6.45) is 0.573. The fourth-order valence-corrected chi connectivity index (χ4v) is 4.53. The van der Waals surface area contributed by atoms with Crippen molar-refractivity contribution < 1.29 is 29.3 Å². The molecule has 0 saturated heterocycles. The first-order chi connectivity index (χ1) is 16.9. The van der Waals surface area contributed by atoms with Gasteiger partial charge in [-0.25, -0.2) is 4.79 Å². The number of aliphatic hydroxyl groups is 1. The number of rotatable bonds is 8. The molecule has 3 aromatic rings. The number of benzene rings is 3. The molecule has 1 aliphatic rings. The Labute approximate surface area is 208 Å². The lowest BCUT2D eigenvalue weighted by Gasteiger charge is -2.34. The zero-order chi connectivity index (χ0) is 24.9. The summed E-state index contributed by atoms with van der Waals surface area (Å²) in [6.45, 7) is -0.0342. The molecule has 7 nitrogen and oxygen atoms in total. The second kappa shape index (κ2) is 10.8. The normalized spacial score (nSPS) is 15.6. The van der Waals surface area contributed by atoms with E-state index in [0.717, 1.165) is 17.5 Å². The lowest BCUT2D eigenvalue weighted by molar-refractivity contribution is 0.0727. The predicted octanol–water partition coefficient (Wildman–Crippen LogP) is 5.52. The summed E-state index contributed by atoms with van der Waals surface area (Å²) >= 11 is 5.92. The second-order valence-electron chi connectivity index (χ2n) is 8.45. The average molecular weight is 496 g/mol. The van der Waals surface area contributed by atoms with Crippen molar-refractivity contribution in [2.75, 3.05) is 13.7 Å². The Balaban J connectivity index is 1.49. The van der Waals surface area contributed by atoms with Crippen LogP contribution in [0.2, 0.25) is 5.02 Å². The number of aldehydes is 1. The third kappa shape index (κ3) is 5.75. The quantitative estimate of drug-likeness (QED) is 0.399. The number of amides is 1. The molecule has 0 bridgehead atoms. The van der Waals surface area contributed by atoms with E-state index >= 15 is 0 Å². The molecule has 3 aromatic carbocycles. The Morgan fingerprint density at radius 3 is 2.51 bits per heavy atom. The van der Waals surface area contributed by atoms with Crippen molar-refractivity contribution in [2.45, 2.75) is 31.4 Å². The maximum atomic E-state index is 12.1. The van der Waals surface area contributed by atoms with Gasteiger partial charge in [0.15, 0.2) is 6.29 Å². The molecule has 0 radical (unpaired) electrons. The number of halogens is 1. The minimum Gasteiger partial charge on any atom is -0.496 e. The van der Waals surface area contributed by atoms with E-state index in [4.69, 9.17) is 21.1 Å². The molecule has 0 spiro atoms. The summed E-state index contributed by atoms with van der Waals surface area (Å²) in [6, 6.07) is 17.2. The van der Waals surface area contributed by atoms with Gasteiger partial charge in [-0.2, -0.15) is 0 Å². The first-order valence-corrected chi connectivity index (χ1v) is 11.6. The van der Waals surface area contributed by atoms with Crippen molar-refractivity contribution in [2.24, 2.45) is 0 Å². The summed E-state index contributed by atoms with van der Waals surface area (Å²) in [4.78, 5) is 24.7. The van der Waals surface area contributed by atoms with Crippen molar-refractivity contribution in [3.05, 3.63) is 87.9 Å². The number of carboxylic acid groups (broad SMARTS) is 1. The van der Waals surface area contributed by atoms with Gasteiger partial charge in [0.1, 0.15) is 17.2 Å². The number of nitrogens with zero attached hydrogens (tertiary/aromatic N) is 1. The number of aliphatic hydroxyl groups excluding tert-OH is 1. The number of hydrogen-bond acceptors (Lipinski definition) is 5. The van der Waals surface area contributed by atoms with Gasteiger partial charge >= 0.3 is 6.09 Å². The highest BCUT2D eigenvalue weighted by Gasteiger charge is 2.30. The molecule has 182 valence electrons. The van der Waals surface area contributed by atoms with E-state index < -0.39 is 12.2 Å². The van der Waals surface area contributed by atoms with E-state index in [2.05, 4.69) is 0 Å². The number of aryl methyl sites for hydroxylation is 1. The number of hydrogen-bond donors (Lipinski definition) is 2. The Bertz CT molecular complexity index is 1210. The monoisotopic (exact) mass is 495 g/mol. The summed E-state index contributed by atoms with van der Waals surface area (Å²) in [5.41, 5.74) is 3.14. The van der Waals surface area contributed by atoms with Gasteiger partial charge < -0.3 is 24.6 Å². The van der Waals surface area contributed by atoms with Crippen molar-refractivity contribution >= 4 is 24.0 Å². The van der Waals surface area contributed by atoms with Gasteiger partial charge in [-0.05, 0) is 78.4 Å². The van der Waals surface area contributed by atoms with Crippen LogP contribution < -0.4 is 9.47 Å². The zero-order valence-corrected chi connectivity index (χ0v) is 19.9. The molecule has 0 heterocycles. The Hall–Kier alpha value is -3.55. The molecule has 0 saturated carbocycles. The van der Waals surface area contributed by atoms with Crippen LogP contribution in [0.5, 0.6) is 17.2 Å². The first kappa shape index (κ1) is 24.6.